The fraction of sp³-hybridized carbons (Fsp3) is 0.280. The molecule has 0 aliphatic heterocycles. The number of rotatable bonds is 6. The molecule has 0 atom stereocenters. The number of thiophene rings is 1. The molecule has 6 heteroatoms. The van der Waals surface area contributed by atoms with Gasteiger partial charge in [0.05, 0.1) is 5.56 Å². The van der Waals surface area contributed by atoms with Gasteiger partial charge in [-0.25, -0.2) is 0 Å². The van der Waals surface area contributed by atoms with Crippen LogP contribution in [0.3, 0.4) is 0 Å². The SMILES string of the molecule is Cc1ccc(NC(=O)c2c(NC(=O)COc3ccccc3)sc3c2CCCC3)cc1C. The summed E-state index contributed by atoms with van der Waals surface area (Å²) in [5.41, 5.74) is 4.71. The minimum atomic E-state index is -0.275. The molecule has 4 rings (SSSR count). The number of para-hydroxylation sites is 1. The number of hydrogen-bond acceptors (Lipinski definition) is 4. The molecule has 3 aromatic rings. The molecule has 1 aliphatic rings. The third-order valence-electron chi connectivity index (χ3n) is 5.53. The van der Waals surface area contributed by atoms with E-state index in [0.29, 0.717) is 16.3 Å². The van der Waals surface area contributed by atoms with Gasteiger partial charge >= 0.3 is 0 Å². The smallest absolute Gasteiger partial charge is 0.262 e. The molecule has 0 saturated carbocycles. The first kappa shape index (κ1) is 21.1. The molecule has 31 heavy (non-hydrogen) atoms. The minimum Gasteiger partial charge on any atom is -0.484 e. The van der Waals surface area contributed by atoms with E-state index in [2.05, 4.69) is 10.6 Å². The highest BCUT2D eigenvalue weighted by Crippen LogP contribution is 2.38. The van der Waals surface area contributed by atoms with Crippen molar-refractivity contribution in [3.05, 3.63) is 75.7 Å². The normalized spacial score (nSPS) is 12.7. The lowest BCUT2D eigenvalue weighted by atomic mass is 9.95. The van der Waals surface area contributed by atoms with E-state index >= 15 is 0 Å². The maximum atomic E-state index is 13.2. The van der Waals surface area contributed by atoms with E-state index in [4.69, 9.17) is 4.74 Å². The zero-order chi connectivity index (χ0) is 21.8. The van der Waals surface area contributed by atoms with Crippen molar-refractivity contribution in [2.45, 2.75) is 39.5 Å². The number of nitrogens with one attached hydrogen (secondary N) is 2. The van der Waals surface area contributed by atoms with Crippen molar-refractivity contribution < 1.29 is 14.3 Å². The van der Waals surface area contributed by atoms with Crippen LogP contribution >= 0.6 is 11.3 Å². The molecule has 2 aromatic carbocycles. The number of carbonyl (C=O) groups excluding carboxylic acids is 2. The van der Waals surface area contributed by atoms with Gasteiger partial charge in [-0.1, -0.05) is 24.3 Å². The summed E-state index contributed by atoms with van der Waals surface area (Å²) in [5.74, 6) is 0.181. The Morgan fingerprint density at radius 2 is 1.74 bits per heavy atom. The second-order valence-corrected chi connectivity index (χ2v) is 8.92. The lowest BCUT2D eigenvalue weighted by Crippen LogP contribution is -2.22. The highest BCUT2D eigenvalue weighted by atomic mass is 32.1. The van der Waals surface area contributed by atoms with Crippen LogP contribution in [0, 0.1) is 13.8 Å². The molecule has 0 spiro atoms. The first-order chi connectivity index (χ1) is 15.0. The molecule has 5 nitrogen and oxygen atoms in total. The van der Waals surface area contributed by atoms with Crippen LogP contribution in [-0.2, 0) is 17.6 Å². The molecule has 1 heterocycles. The molecule has 0 fully saturated rings. The molecule has 2 N–H and O–H groups in total. The second kappa shape index (κ2) is 9.35. The number of fused-ring (bicyclic) bond motifs is 1. The summed E-state index contributed by atoms with van der Waals surface area (Å²) in [6.45, 7) is 3.96. The summed E-state index contributed by atoms with van der Waals surface area (Å²) in [5, 5.41) is 6.54. The van der Waals surface area contributed by atoms with Crippen molar-refractivity contribution in [1.82, 2.24) is 0 Å². The van der Waals surface area contributed by atoms with Crippen LogP contribution in [0.5, 0.6) is 5.75 Å². The number of amides is 2. The fourth-order valence-electron chi connectivity index (χ4n) is 3.74. The van der Waals surface area contributed by atoms with E-state index < -0.39 is 0 Å². The average Bonchev–Trinajstić information content (AvgIpc) is 3.13. The Balaban J connectivity index is 1.53. The number of aryl methyl sites for hydroxylation is 3. The van der Waals surface area contributed by atoms with E-state index in [1.807, 2.05) is 50.2 Å². The Labute approximate surface area is 186 Å². The predicted octanol–water partition coefficient (Wildman–Crippen LogP) is 5.51. The standard InChI is InChI=1S/C25H26N2O3S/c1-16-12-13-18(14-17(16)2)26-24(29)23-20-10-6-7-11-21(20)31-25(23)27-22(28)15-30-19-8-4-3-5-9-19/h3-5,8-9,12-14H,6-7,10-11,15H2,1-2H3,(H,26,29)(H,27,28). The van der Waals surface area contributed by atoms with E-state index in [0.717, 1.165) is 42.5 Å². The molecular formula is C25H26N2O3S. The van der Waals surface area contributed by atoms with Crippen molar-refractivity contribution in [2.24, 2.45) is 0 Å². The van der Waals surface area contributed by atoms with Gasteiger partial charge < -0.3 is 15.4 Å². The highest BCUT2D eigenvalue weighted by Gasteiger charge is 2.26. The van der Waals surface area contributed by atoms with E-state index in [9.17, 15) is 9.59 Å². The van der Waals surface area contributed by atoms with Gasteiger partial charge in [-0.2, -0.15) is 0 Å². The third-order valence-corrected chi connectivity index (χ3v) is 6.74. The van der Waals surface area contributed by atoms with Gasteiger partial charge in [0.2, 0.25) is 0 Å². The molecule has 0 unspecified atom stereocenters. The molecule has 2 amide bonds. The van der Waals surface area contributed by atoms with E-state index in [1.165, 1.54) is 21.8 Å². The van der Waals surface area contributed by atoms with Crippen LogP contribution in [0.2, 0.25) is 0 Å². The van der Waals surface area contributed by atoms with Gasteiger partial charge in [0.15, 0.2) is 6.61 Å². The molecule has 160 valence electrons. The lowest BCUT2D eigenvalue weighted by Gasteiger charge is -2.14. The second-order valence-electron chi connectivity index (χ2n) is 7.82. The molecule has 0 radical (unpaired) electrons. The molecule has 0 bridgehead atoms. The largest absolute Gasteiger partial charge is 0.484 e. The van der Waals surface area contributed by atoms with Crippen LogP contribution in [0.15, 0.2) is 48.5 Å². The number of benzene rings is 2. The summed E-state index contributed by atoms with van der Waals surface area (Å²) in [7, 11) is 0. The summed E-state index contributed by atoms with van der Waals surface area (Å²) < 4.78 is 5.55. The number of hydrogen-bond donors (Lipinski definition) is 2. The Kier molecular flexibility index (Phi) is 6.37. The summed E-state index contributed by atoms with van der Waals surface area (Å²) in [6, 6.07) is 15.1. The number of anilines is 2. The van der Waals surface area contributed by atoms with Crippen LogP contribution in [0.1, 0.15) is 44.8 Å². The monoisotopic (exact) mass is 434 g/mol. The van der Waals surface area contributed by atoms with Gasteiger partial charge in [0.25, 0.3) is 11.8 Å². The Hall–Kier alpha value is -3.12. The maximum absolute atomic E-state index is 13.2. The van der Waals surface area contributed by atoms with Gasteiger partial charge in [-0.3, -0.25) is 9.59 Å². The van der Waals surface area contributed by atoms with Gasteiger partial charge in [0.1, 0.15) is 10.8 Å². The number of ether oxygens (including phenoxy) is 1. The van der Waals surface area contributed by atoms with Gasteiger partial charge in [0, 0.05) is 10.6 Å². The average molecular weight is 435 g/mol. The maximum Gasteiger partial charge on any atom is 0.262 e. The van der Waals surface area contributed by atoms with Crippen molar-refractivity contribution in [3.8, 4) is 5.75 Å². The Morgan fingerprint density at radius 1 is 0.968 bits per heavy atom. The molecule has 0 saturated heterocycles. The van der Waals surface area contributed by atoms with Crippen LogP contribution in [0.4, 0.5) is 10.7 Å². The van der Waals surface area contributed by atoms with Gasteiger partial charge in [-0.05, 0) is 80.5 Å². The first-order valence-corrected chi connectivity index (χ1v) is 11.3. The van der Waals surface area contributed by atoms with E-state index in [1.54, 1.807) is 12.1 Å². The van der Waals surface area contributed by atoms with E-state index in [-0.39, 0.29) is 18.4 Å². The predicted molar refractivity (Wildman–Crippen MR) is 125 cm³/mol. The third kappa shape index (κ3) is 4.97. The Morgan fingerprint density at radius 3 is 2.52 bits per heavy atom. The van der Waals surface area contributed by atoms with Crippen molar-refractivity contribution in [3.63, 3.8) is 0 Å². The quantitative estimate of drug-likeness (QED) is 0.537. The van der Waals surface area contributed by atoms with Crippen LogP contribution in [-0.4, -0.2) is 18.4 Å². The van der Waals surface area contributed by atoms with Crippen molar-refractivity contribution in [1.29, 1.82) is 0 Å². The first-order valence-electron chi connectivity index (χ1n) is 10.5. The van der Waals surface area contributed by atoms with Crippen molar-refractivity contribution in [2.75, 3.05) is 17.2 Å². The topological polar surface area (TPSA) is 67.4 Å². The zero-order valence-corrected chi connectivity index (χ0v) is 18.6. The summed E-state index contributed by atoms with van der Waals surface area (Å²) in [4.78, 5) is 27.0. The fourth-order valence-corrected chi connectivity index (χ4v) is 5.04. The van der Waals surface area contributed by atoms with Crippen LogP contribution < -0.4 is 15.4 Å². The zero-order valence-electron chi connectivity index (χ0n) is 17.8. The molecule has 1 aromatic heterocycles. The highest BCUT2D eigenvalue weighted by molar-refractivity contribution is 7.17. The van der Waals surface area contributed by atoms with Crippen molar-refractivity contribution >= 4 is 33.8 Å². The number of carbonyl (C=O) groups is 2. The Bertz CT molecular complexity index is 1110. The van der Waals surface area contributed by atoms with Crippen LogP contribution in [0.25, 0.3) is 0 Å². The lowest BCUT2D eigenvalue weighted by molar-refractivity contribution is -0.118. The molecule has 1 aliphatic carbocycles. The van der Waals surface area contributed by atoms with Gasteiger partial charge in [-0.15, -0.1) is 11.3 Å². The summed E-state index contributed by atoms with van der Waals surface area (Å²) in [6.07, 6.45) is 3.96. The molecular weight excluding hydrogens is 408 g/mol. The summed E-state index contributed by atoms with van der Waals surface area (Å²) >= 11 is 1.51. The minimum absolute atomic E-state index is 0.106.